The molecule has 7 heteroatoms. The summed E-state index contributed by atoms with van der Waals surface area (Å²) in [5.74, 6) is 2.11. The highest BCUT2D eigenvalue weighted by atomic mass is 16.5. The van der Waals surface area contributed by atoms with Gasteiger partial charge in [0.25, 0.3) is 5.56 Å². The van der Waals surface area contributed by atoms with Crippen molar-refractivity contribution in [2.45, 2.75) is 39.3 Å². The van der Waals surface area contributed by atoms with Gasteiger partial charge in [-0.25, -0.2) is 4.98 Å². The summed E-state index contributed by atoms with van der Waals surface area (Å²) in [6.07, 6.45) is 1.86. The minimum atomic E-state index is -0.112. The number of nitrogens with zero attached hydrogens (tertiary/aromatic N) is 2. The van der Waals surface area contributed by atoms with Gasteiger partial charge in [0.15, 0.2) is 0 Å². The molecule has 4 rings (SSSR count). The maximum absolute atomic E-state index is 12.7. The summed E-state index contributed by atoms with van der Waals surface area (Å²) in [4.78, 5) is 29.4. The Hall–Kier alpha value is -4.13. The molecule has 4 aromatic rings. The quantitative estimate of drug-likeness (QED) is 0.296. The molecule has 0 spiro atoms. The second kappa shape index (κ2) is 12.5. The van der Waals surface area contributed by atoms with Gasteiger partial charge in [-0.2, -0.15) is 0 Å². The van der Waals surface area contributed by atoms with E-state index in [0.717, 1.165) is 29.9 Å². The third kappa shape index (κ3) is 6.95. The predicted octanol–water partition coefficient (Wildman–Crippen LogP) is 4.65. The molecule has 0 aliphatic carbocycles. The standard InChI is InChI=1S/C29H31N3O4/c1-22-31-27-12-6-5-11-26(27)29(34)32(22)19-17-28(33)30-18-7-8-20-35-24-13-15-25(16-14-24)36-21-23-9-3-2-4-10-23/h2-6,9-16H,7-8,17-21H2,1H3,(H,30,33). The van der Waals surface area contributed by atoms with E-state index in [4.69, 9.17) is 9.47 Å². The van der Waals surface area contributed by atoms with Gasteiger partial charge < -0.3 is 14.8 Å². The number of amides is 1. The minimum Gasteiger partial charge on any atom is -0.494 e. The van der Waals surface area contributed by atoms with E-state index in [1.165, 1.54) is 0 Å². The van der Waals surface area contributed by atoms with Crippen LogP contribution in [0.1, 0.15) is 30.7 Å². The summed E-state index contributed by atoms with van der Waals surface area (Å²) >= 11 is 0. The summed E-state index contributed by atoms with van der Waals surface area (Å²) in [6.45, 7) is 3.76. The van der Waals surface area contributed by atoms with Gasteiger partial charge in [-0.1, -0.05) is 42.5 Å². The smallest absolute Gasteiger partial charge is 0.261 e. The van der Waals surface area contributed by atoms with E-state index in [2.05, 4.69) is 10.3 Å². The van der Waals surface area contributed by atoms with Crippen LogP contribution in [0.3, 0.4) is 0 Å². The summed E-state index contributed by atoms with van der Waals surface area (Å²) in [5.41, 5.74) is 1.69. The summed E-state index contributed by atoms with van der Waals surface area (Å²) in [5, 5.41) is 3.48. The number of para-hydroxylation sites is 1. The molecule has 0 fully saturated rings. The first-order valence-electron chi connectivity index (χ1n) is 12.2. The number of carbonyl (C=O) groups excluding carboxylic acids is 1. The molecule has 1 amide bonds. The van der Waals surface area contributed by atoms with Gasteiger partial charge >= 0.3 is 0 Å². The Morgan fingerprint density at radius 3 is 2.36 bits per heavy atom. The second-order valence-electron chi connectivity index (χ2n) is 8.53. The minimum absolute atomic E-state index is 0.0820. The molecular weight excluding hydrogens is 454 g/mol. The fourth-order valence-electron chi connectivity index (χ4n) is 3.86. The van der Waals surface area contributed by atoms with Gasteiger partial charge in [-0.15, -0.1) is 0 Å². The van der Waals surface area contributed by atoms with Crippen molar-refractivity contribution in [3.05, 3.63) is 101 Å². The molecule has 0 saturated carbocycles. The number of unbranched alkanes of at least 4 members (excludes halogenated alkanes) is 1. The summed E-state index contributed by atoms with van der Waals surface area (Å²) in [7, 11) is 0. The molecule has 3 aromatic carbocycles. The van der Waals surface area contributed by atoms with Crippen LogP contribution in [0.5, 0.6) is 11.5 Å². The lowest BCUT2D eigenvalue weighted by Gasteiger charge is -2.11. The van der Waals surface area contributed by atoms with Crippen LogP contribution in [-0.2, 0) is 17.9 Å². The highest BCUT2D eigenvalue weighted by Crippen LogP contribution is 2.19. The zero-order chi connectivity index (χ0) is 25.2. The van der Waals surface area contributed by atoms with Crippen LogP contribution >= 0.6 is 0 Å². The van der Waals surface area contributed by atoms with Crippen molar-refractivity contribution in [3.63, 3.8) is 0 Å². The third-order valence-corrected chi connectivity index (χ3v) is 5.85. The SMILES string of the molecule is Cc1nc2ccccc2c(=O)n1CCC(=O)NCCCCOc1ccc(OCc2ccccc2)cc1. The van der Waals surface area contributed by atoms with Crippen LogP contribution in [0.25, 0.3) is 10.9 Å². The maximum atomic E-state index is 12.7. The normalized spacial score (nSPS) is 10.8. The van der Waals surface area contributed by atoms with E-state index in [-0.39, 0.29) is 17.9 Å². The van der Waals surface area contributed by atoms with Crippen LogP contribution in [-0.4, -0.2) is 28.6 Å². The molecule has 0 aliphatic heterocycles. The lowest BCUT2D eigenvalue weighted by molar-refractivity contribution is -0.121. The van der Waals surface area contributed by atoms with Crippen molar-refractivity contribution in [2.75, 3.05) is 13.2 Å². The average Bonchev–Trinajstić information content (AvgIpc) is 2.90. The highest BCUT2D eigenvalue weighted by molar-refractivity contribution is 5.77. The van der Waals surface area contributed by atoms with Crippen LogP contribution in [0.15, 0.2) is 83.7 Å². The lowest BCUT2D eigenvalue weighted by Crippen LogP contribution is -2.29. The summed E-state index contributed by atoms with van der Waals surface area (Å²) < 4.78 is 13.1. The second-order valence-corrected chi connectivity index (χ2v) is 8.53. The van der Waals surface area contributed by atoms with Crippen LogP contribution < -0.4 is 20.3 Å². The Morgan fingerprint density at radius 2 is 1.58 bits per heavy atom. The topological polar surface area (TPSA) is 82.5 Å². The Balaban J connectivity index is 1.11. The Kier molecular flexibility index (Phi) is 8.70. The van der Waals surface area contributed by atoms with Gasteiger partial charge in [-0.3, -0.25) is 14.2 Å². The van der Waals surface area contributed by atoms with E-state index in [1.807, 2.05) is 72.8 Å². The molecule has 0 atom stereocenters. The van der Waals surface area contributed by atoms with Gasteiger partial charge in [0.1, 0.15) is 23.9 Å². The van der Waals surface area contributed by atoms with E-state index in [9.17, 15) is 9.59 Å². The van der Waals surface area contributed by atoms with Crippen molar-refractivity contribution < 1.29 is 14.3 Å². The van der Waals surface area contributed by atoms with Crippen LogP contribution in [0.2, 0.25) is 0 Å². The number of benzene rings is 3. The molecule has 0 saturated heterocycles. The molecule has 0 radical (unpaired) electrons. The molecule has 1 N–H and O–H groups in total. The zero-order valence-electron chi connectivity index (χ0n) is 20.5. The first-order valence-corrected chi connectivity index (χ1v) is 12.2. The number of nitrogens with one attached hydrogen (secondary N) is 1. The van der Waals surface area contributed by atoms with Crippen molar-refractivity contribution >= 4 is 16.8 Å². The van der Waals surface area contributed by atoms with Crippen LogP contribution in [0.4, 0.5) is 0 Å². The molecule has 1 heterocycles. The van der Waals surface area contributed by atoms with Gasteiger partial charge in [0.2, 0.25) is 5.91 Å². The Bertz CT molecular complexity index is 1330. The monoisotopic (exact) mass is 485 g/mol. The summed E-state index contributed by atoms with van der Waals surface area (Å²) in [6, 6.07) is 24.9. The first kappa shape index (κ1) is 25.0. The maximum Gasteiger partial charge on any atom is 0.261 e. The lowest BCUT2D eigenvalue weighted by atomic mass is 10.2. The van der Waals surface area contributed by atoms with E-state index in [1.54, 1.807) is 17.6 Å². The number of ether oxygens (including phenoxy) is 2. The van der Waals surface area contributed by atoms with Gasteiger partial charge in [0, 0.05) is 19.5 Å². The van der Waals surface area contributed by atoms with Crippen LogP contribution in [0, 0.1) is 6.92 Å². The molecule has 0 bridgehead atoms. The van der Waals surface area contributed by atoms with Gasteiger partial charge in [-0.05, 0) is 61.7 Å². The third-order valence-electron chi connectivity index (χ3n) is 5.85. The zero-order valence-corrected chi connectivity index (χ0v) is 20.5. The molecule has 36 heavy (non-hydrogen) atoms. The Morgan fingerprint density at radius 1 is 0.889 bits per heavy atom. The molecule has 0 unspecified atom stereocenters. The number of aromatic nitrogens is 2. The van der Waals surface area contributed by atoms with Crippen molar-refractivity contribution in [1.82, 2.24) is 14.9 Å². The fourth-order valence-corrected chi connectivity index (χ4v) is 3.86. The van der Waals surface area contributed by atoms with E-state index >= 15 is 0 Å². The molecular formula is C29H31N3O4. The van der Waals surface area contributed by atoms with E-state index in [0.29, 0.717) is 43.0 Å². The molecule has 1 aromatic heterocycles. The Labute approximate surface area is 210 Å². The molecule has 186 valence electrons. The number of hydrogen-bond acceptors (Lipinski definition) is 5. The number of aryl methyl sites for hydroxylation is 1. The number of rotatable bonds is 12. The van der Waals surface area contributed by atoms with Crippen molar-refractivity contribution in [3.8, 4) is 11.5 Å². The first-order chi connectivity index (χ1) is 17.6. The molecule has 0 aliphatic rings. The van der Waals surface area contributed by atoms with Crippen molar-refractivity contribution in [1.29, 1.82) is 0 Å². The predicted molar refractivity (Wildman–Crippen MR) is 140 cm³/mol. The fraction of sp³-hybridized carbons (Fsp3) is 0.276. The average molecular weight is 486 g/mol. The van der Waals surface area contributed by atoms with Crippen molar-refractivity contribution in [2.24, 2.45) is 0 Å². The number of carbonyl (C=O) groups is 1. The largest absolute Gasteiger partial charge is 0.494 e. The number of fused-ring (bicyclic) bond motifs is 1. The van der Waals surface area contributed by atoms with E-state index < -0.39 is 0 Å². The highest BCUT2D eigenvalue weighted by Gasteiger charge is 2.09. The molecule has 7 nitrogen and oxygen atoms in total. The number of hydrogen-bond donors (Lipinski definition) is 1. The van der Waals surface area contributed by atoms with Gasteiger partial charge in [0.05, 0.1) is 17.5 Å².